The van der Waals surface area contributed by atoms with Crippen LogP contribution in [-0.4, -0.2) is 80.4 Å². The van der Waals surface area contributed by atoms with Gasteiger partial charge >= 0.3 is 25.7 Å². The fourth-order valence-electron chi connectivity index (χ4n) is 6.70. The lowest BCUT2D eigenvalue weighted by molar-refractivity contribution is -0.161. The van der Waals surface area contributed by atoms with Crippen molar-refractivity contribution in [1.29, 1.82) is 0 Å². The third kappa shape index (κ3) is 41.4. The Morgan fingerprint density at radius 2 is 0.949 bits per heavy atom. The number of allylic oxidation sites excluding steroid dienone is 2. The zero-order chi connectivity index (χ0) is 43.7. The van der Waals surface area contributed by atoms with Crippen molar-refractivity contribution >= 4 is 25.7 Å². The number of hydrogen-bond acceptors (Lipinski definition) is 10. The molecule has 0 aliphatic rings. The zero-order valence-corrected chi connectivity index (χ0v) is 39.5. The van der Waals surface area contributed by atoms with Crippen LogP contribution in [0.3, 0.4) is 0 Å². The van der Waals surface area contributed by atoms with Crippen molar-refractivity contribution in [3.8, 4) is 0 Å². The summed E-state index contributed by atoms with van der Waals surface area (Å²) in [5.74, 6) is -1.38. The lowest BCUT2D eigenvalue weighted by atomic mass is 10.0. The molecule has 0 spiro atoms. The van der Waals surface area contributed by atoms with Gasteiger partial charge in [0, 0.05) is 25.8 Å². The minimum Gasteiger partial charge on any atom is -0.462 e. The van der Waals surface area contributed by atoms with Gasteiger partial charge < -0.3 is 24.0 Å². The quantitative estimate of drug-likeness (QED) is 0.0206. The van der Waals surface area contributed by atoms with Crippen LogP contribution < -0.4 is 0 Å². The van der Waals surface area contributed by atoms with Crippen LogP contribution in [0.1, 0.15) is 220 Å². The predicted molar refractivity (Wildman–Crippen MR) is 240 cm³/mol. The Hall–Kier alpha value is -1.78. The smallest absolute Gasteiger partial charge is 0.462 e. The Bertz CT molecular complexity index is 1060. The summed E-state index contributed by atoms with van der Waals surface area (Å²) >= 11 is 0. The second-order valence-electron chi connectivity index (χ2n) is 16.6. The third-order valence-electron chi connectivity index (χ3n) is 10.4. The van der Waals surface area contributed by atoms with Crippen LogP contribution >= 0.6 is 7.82 Å². The van der Waals surface area contributed by atoms with E-state index in [1.807, 2.05) is 0 Å². The second-order valence-corrected chi connectivity index (χ2v) is 18.1. The van der Waals surface area contributed by atoms with E-state index in [-0.39, 0.29) is 51.0 Å². The molecule has 12 heteroatoms. The summed E-state index contributed by atoms with van der Waals surface area (Å²) < 4.78 is 39.4. The molecule has 0 aliphatic heterocycles. The number of nitrogens with zero attached hydrogens (tertiary/aromatic N) is 1. The molecule has 2 atom stereocenters. The Kier molecular flexibility index (Phi) is 40.3. The number of esters is 3. The van der Waals surface area contributed by atoms with Crippen LogP contribution in [0.25, 0.3) is 0 Å². The first-order chi connectivity index (χ1) is 28.5. The maximum absolute atomic E-state index is 12.9. The highest BCUT2D eigenvalue weighted by atomic mass is 31.2. The molecule has 0 heterocycles. The van der Waals surface area contributed by atoms with Crippen LogP contribution in [0, 0.1) is 0 Å². The Morgan fingerprint density at radius 3 is 1.44 bits per heavy atom. The topological polar surface area (TPSA) is 138 Å². The second kappa shape index (κ2) is 41.6. The van der Waals surface area contributed by atoms with Crippen LogP contribution in [0.2, 0.25) is 0 Å². The van der Waals surface area contributed by atoms with Gasteiger partial charge in [-0.1, -0.05) is 148 Å². The summed E-state index contributed by atoms with van der Waals surface area (Å²) in [7, 11) is -0.835. The zero-order valence-electron chi connectivity index (χ0n) is 38.6. The van der Waals surface area contributed by atoms with Crippen molar-refractivity contribution in [2.75, 3.05) is 40.5 Å². The van der Waals surface area contributed by atoms with E-state index >= 15 is 0 Å². The largest absolute Gasteiger partial charge is 0.472 e. The summed E-state index contributed by atoms with van der Waals surface area (Å²) in [6.07, 6.45) is 34.8. The summed E-state index contributed by atoms with van der Waals surface area (Å²) in [6, 6.07) is 0. The molecule has 0 aromatic heterocycles. The van der Waals surface area contributed by atoms with Crippen molar-refractivity contribution in [1.82, 2.24) is 4.90 Å². The number of likely N-dealkylation sites (N-methyl/N-ethyl adjacent to an activating group) is 1. The van der Waals surface area contributed by atoms with Gasteiger partial charge in [-0.2, -0.15) is 0 Å². The molecule has 0 fully saturated rings. The van der Waals surface area contributed by atoms with Gasteiger partial charge in [0.2, 0.25) is 0 Å². The molecule has 0 aromatic rings. The van der Waals surface area contributed by atoms with Gasteiger partial charge in [-0.3, -0.25) is 23.4 Å². The Balaban J connectivity index is 4.79. The number of carbonyl (C=O) groups excluding carboxylic acids is 3. The first-order valence-electron chi connectivity index (χ1n) is 24.0. The van der Waals surface area contributed by atoms with Gasteiger partial charge in [0.05, 0.1) is 13.2 Å². The number of phosphoric ester groups is 1. The summed E-state index contributed by atoms with van der Waals surface area (Å²) in [5, 5.41) is 0. The first-order valence-corrected chi connectivity index (χ1v) is 25.5. The van der Waals surface area contributed by atoms with Gasteiger partial charge in [-0.25, -0.2) is 4.57 Å². The summed E-state index contributed by atoms with van der Waals surface area (Å²) in [5.41, 5.74) is 0. The van der Waals surface area contributed by atoms with E-state index in [4.69, 9.17) is 23.3 Å². The van der Waals surface area contributed by atoms with Gasteiger partial charge in [-0.05, 0) is 78.3 Å². The maximum Gasteiger partial charge on any atom is 0.472 e. The standard InChI is InChI=1S/C47H90NO10P/c1-6-9-12-15-18-19-20-21-22-23-24-25-26-29-32-36-45(49)54-41-44(42-56-59(52,53)55-40-39-48(4)5)58-47(51)38-33-37-46(50)57-43(34-30-27-16-13-10-7-2)35-31-28-17-14-11-8-3/h21-22,43-44H,6-20,23-42H2,1-5H3,(H,52,53)/b22-21-/t44-/m1/s1. The van der Waals surface area contributed by atoms with Crippen molar-refractivity contribution < 1.29 is 47.1 Å². The Labute approximate surface area is 361 Å². The van der Waals surface area contributed by atoms with Crippen LogP contribution in [0.4, 0.5) is 0 Å². The molecule has 59 heavy (non-hydrogen) atoms. The van der Waals surface area contributed by atoms with E-state index in [9.17, 15) is 23.8 Å². The Morgan fingerprint density at radius 1 is 0.525 bits per heavy atom. The third-order valence-corrected chi connectivity index (χ3v) is 11.4. The lowest BCUT2D eigenvalue weighted by Gasteiger charge is -2.20. The fraction of sp³-hybridized carbons (Fsp3) is 0.894. The van der Waals surface area contributed by atoms with E-state index in [2.05, 4.69) is 32.9 Å². The normalized spacial score (nSPS) is 13.3. The molecule has 0 rings (SSSR count). The molecule has 0 amide bonds. The molecule has 0 aliphatic carbocycles. The molecule has 348 valence electrons. The lowest BCUT2D eigenvalue weighted by Crippen LogP contribution is -2.29. The summed E-state index contributed by atoms with van der Waals surface area (Å²) in [6.45, 7) is 6.21. The predicted octanol–water partition coefficient (Wildman–Crippen LogP) is 12.8. The molecule has 0 aromatic carbocycles. The highest BCUT2D eigenvalue weighted by Gasteiger charge is 2.26. The highest BCUT2D eigenvalue weighted by molar-refractivity contribution is 7.47. The average molecular weight is 860 g/mol. The summed E-state index contributed by atoms with van der Waals surface area (Å²) in [4.78, 5) is 50.2. The van der Waals surface area contributed by atoms with Gasteiger partial charge in [0.1, 0.15) is 12.7 Å². The van der Waals surface area contributed by atoms with Crippen molar-refractivity contribution in [3.63, 3.8) is 0 Å². The number of ether oxygens (including phenoxy) is 3. The molecular formula is C47H90NO10P. The van der Waals surface area contributed by atoms with Gasteiger partial charge in [-0.15, -0.1) is 0 Å². The minimum absolute atomic E-state index is 0.0367. The molecule has 0 radical (unpaired) electrons. The molecule has 11 nitrogen and oxygen atoms in total. The number of unbranched alkanes of at least 4 members (excludes halogenated alkanes) is 21. The molecule has 0 saturated heterocycles. The first kappa shape index (κ1) is 57.2. The van der Waals surface area contributed by atoms with E-state index in [1.54, 1.807) is 19.0 Å². The molecule has 0 saturated carbocycles. The van der Waals surface area contributed by atoms with Crippen molar-refractivity contribution in [2.45, 2.75) is 232 Å². The monoisotopic (exact) mass is 860 g/mol. The van der Waals surface area contributed by atoms with Crippen LogP contribution in [0.5, 0.6) is 0 Å². The SMILES string of the molecule is CCCCCCCC/C=C\CCCCCCCC(=O)OC[C@H](COP(=O)(O)OCCN(C)C)OC(=O)CCCC(=O)OC(CCCCCCCC)CCCCCCCC. The van der Waals surface area contributed by atoms with E-state index in [0.717, 1.165) is 70.6 Å². The fourth-order valence-corrected chi connectivity index (χ4v) is 7.44. The number of hydrogen-bond donors (Lipinski definition) is 1. The number of carbonyl (C=O) groups is 3. The highest BCUT2D eigenvalue weighted by Crippen LogP contribution is 2.43. The maximum atomic E-state index is 12.9. The van der Waals surface area contributed by atoms with E-state index < -0.39 is 32.5 Å². The van der Waals surface area contributed by atoms with Crippen LogP contribution in [0.15, 0.2) is 12.2 Å². The van der Waals surface area contributed by atoms with Crippen molar-refractivity contribution in [2.24, 2.45) is 0 Å². The van der Waals surface area contributed by atoms with E-state index in [0.29, 0.717) is 13.0 Å². The van der Waals surface area contributed by atoms with Crippen LogP contribution in [-0.2, 0) is 42.2 Å². The number of phosphoric acid groups is 1. The van der Waals surface area contributed by atoms with Gasteiger partial charge in [0.25, 0.3) is 0 Å². The van der Waals surface area contributed by atoms with Gasteiger partial charge in [0.15, 0.2) is 6.10 Å². The molecule has 1 N–H and O–H groups in total. The van der Waals surface area contributed by atoms with Crippen molar-refractivity contribution in [3.05, 3.63) is 12.2 Å². The number of rotatable bonds is 44. The minimum atomic E-state index is -4.44. The molecule has 0 bridgehead atoms. The van der Waals surface area contributed by atoms with E-state index in [1.165, 1.54) is 96.3 Å². The molecule has 1 unspecified atom stereocenters. The molecular weight excluding hydrogens is 769 g/mol. The average Bonchev–Trinajstić information content (AvgIpc) is 3.19.